The second-order valence-electron chi connectivity index (χ2n) is 4.95. The van der Waals surface area contributed by atoms with E-state index in [-0.39, 0.29) is 23.1 Å². The Bertz CT molecular complexity index is 505. The molecule has 110 valence electrons. The van der Waals surface area contributed by atoms with Crippen LogP contribution in [-0.4, -0.2) is 47.4 Å². The molecule has 2 heterocycles. The van der Waals surface area contributed by atoms with Gasteiger partial charge in [-0.3, -0.25) is 10.1 Å². The van der Waals surface area contributed by atoms with Gasteiger partial charge in [-0.2, -0.15) is 0 Å². The highest BCUT2D eigenvalue weighted by Crippen LogP contribution is 2.30. The van der Waals surface area contributed by atoms with E-state index >= 15 is 0 Å². The van der Waals surface area contributed by atoms with Crippen LogP contribution in [0, 0.1) is 10.1 Å². The van der Waals surface area contributed by atoms with Gasteiger partial charge in [0.15, 0.2) is 0 Å². The molecule has 0 aromatic carbocycles. The predicted octanol–water partition coefficient (Wildman–Crippen LogP) is 1.62. The van der Waals surface area contributed by atoms with E-state index in [4.69, 9.17) is 16.3 Å². The molecule has 7 nitrogen and oxygen atoms in total. The Morgan fingerprint density at radius 2 is 2.25 bits per heavy atom. The van der Waals surface area contributed by atoms with Gasteiger partial charge >= 0.3 is 5.69 Å². The number of hydrogen-bond acceptors (Lipinski definition) is 6. The molecule has 0 atom stereocenters. The van der Waals surface area contributed by atoms with E-state index in [0.29, 0.717) is 26.1 Å². The van der Waals surface area contributed by atoms with Crippen LogP contribution >= 0.6 is 11.6 Å². The second-order valence-corrected chi connectivity index (χ2v) is 5.38. The number of halogens is 1. The van der Waals surface area contributed by atoms with Crippen molar-refractivity contribution in [3.8, 4) is 0 Å². The number of nitro groups is 1. The fourth-order valence-electron chi connectivity index (χ4n) is 2.28. The molecule has 8 heteroatoms. The minimum absolute atomic E-state index is 0.171. The van der Waals surface area contributed by atoms with Crippen molar-refractivity contribution < 1.29 is 14.8 Å². The molecule has 0 saturated carbocycles. The van der Waals surface area contributed by atoms with E-state index in [9.17, 15) is 15.2 Å². The Morgan fingerprint density at radius 3 is 2.85 bits per heavy atom. The largest absolute Gasteiger partial charge is 0.388 e. The Morgan fingerprint density at radius 1 is 1.60 bits per heavy atom. The Kier molecular flexibility index (Phi) is 4.42. The maximum Gasteiger partial charge on any atom is 0.313 e. The van der Waals surface area contributed by atoms with Crippen molar-refractivity contribution in [2.75, 3.05) is 31.7 Å². The zero-order chi connectivity index (χ0) is 14.8. The quantitative estimate of drug-likeness (QED) is 0.671. The fourth-order valence-corrected chi connectivity index (χ4v) is 2.43. The van der Waals surface area contributed by atoms with Gasteiger partial charge in [-0.25, -0.2) is 4.98 Å². The lowest BCUT2D eigenvalue weighted by Gasteiger charge is -2.35. The number of anilines is 1. The zero-order valence-corrected chi connectivity index (χ0v) is 11.8. The Balaban J connectivity index is 2.20. The number of nitrogens with zero attached hydrogens (tertiary/aromatic N) is 3. The number of aliphatic hydroxyl groups is 1. The summed E-state index contributed by atoms with van der Waals surface area (Å²) in [6, 6.07) is 1.26. The normalized spacial score (nSPS) is 17.8. The molecule has 2 rings (SSSR count). The maximum absolute atomic E-state index is 11.0. The van der Waals surface area contributed by atoms with E-state index in [0.717, 1.165) is 0 Å². The molecular formula is C12H16ClN3O4. The molecule has 0 aliphatic carbocycles. The first-order valence-electron chi connectivity index (χ1n) is 6.22. The first-order chi connectivity index (χ1) is 9.41. The first-order valence-corrected chi connectivity index (χ1v) is 6.60. The number of aromatic nitrogens is 1. The van der Waals surface area contributed by atoms with E-state index in [1.54, 1.807) is 11.9 Å². The first kappa shape index (κ1) is 15.0. The number of likely N-dealkylation sites (N-methyl/N-ethyl adjacent to an activating group) is 1. The minimum Gasteiger partial charge on any atom is -0.388 e. The van der Waals surface area contributed by atoms with E-state index in [1.807, 2.05) is 0 Å². The van der Waals surface area contributed by atoms with E-state index in [1.165, 1.54) is 12.3 Å². The summed E-state index contributed by atoms with van der Waals surface area (Å²) in [6.07, 6.45) is 2.35. The smallest absolute Gasteiger partial charge is 0.313 e. The molecule has 0 amide bonds. The van der Waals surface area contributed by atoms with Crippen LogP contribution in [0.25, 0.3) is 0 Å². The van der Waals surface area contributed by atoms with Gasteiger partial charge in [-0.1, -0.05) is 11.6 Å². The minimum atomic E-state index is -0.914. The molecule has 0 bridgehead atoms. The monoisotopic (exact) mass is 301 g/mol. The third kappa shape index (κ3) is 3.36. The van der Waals surface area contributed by atoms with Crippen molar-refractivity contribution in [2.24, 2.45) is 0 Å². The van der Waals surface area contributed by atoms with Gasteiger partial charge in [0.1, 0.15) is 0 Å². The molecule has 1 saturated heterocycles. The summed E-state index contributed by atoms with van der Waals surface area (Å²) >= 11 is 5.73. The molecule has 1 aliphatic heterocycles. The fraction of sp³-hybridized carbons (Fsp3) is 0.583. The Labute approximate surface area is 121 Å². The van der Waals surface area contributed by atoms with Crippen LogP contribution in [0.1, 0.15) is 12.8 Å². The number of ether oxygens (including phenoxy) is 1. The summed E-state index contributed by atoms with van der Waals surface area (Å²) in [7, 11) is 1.66. The van der Waals surface area contributed by atoms with Gasteiger partial charge in [0.2, 0.25) is 5.82 Å². The average molecular weight is 302 g/mol. The van der Waals surface area contributed by atoms with Crippen LogP contribution in [0.2, 0.25) is 5.02 Å². The van der Waals surface area contributed by atoms with Crippen molar-refractivity contribution in [3.63, 3.8) is 0 Å². The highest BCUT2D eigenvalue weighted by Gasteiger charge is 2.33. The van der Waals surface area contributed by atoms with Crippen LogP contribution in [0.15, 0.2) is 12.3 Å². The molecule has 1 aromatic heterocycles. The van der Waals surface area contributed by atoms with E-state index < -0.39 is 10.5 Å². The van der Waals surface area contributed by atoms with Crippen molar-refractivity contribution in [1.82, 2.24) is 4.98 Å². The third-order valence-corrected chi connectivity index (χ3v) is 3.53. The van der Waals surface area contributed by atoms with Crippen molar-refractivity contribution >= 4 is 23.1 Å². The van der Waals surface area contributed by atoms with Gasteiger partial charge in [-0.05, 0) is 0 Å². The summed E-state index contributed by atoms with van der Waals surface area (Å²) in [5, 5.41) is 21.7. The van der Waals surface area contributed by atoms with Crippen molar-refractivity contribution in [2.45, 2.75) is 18.4 Å². The lowest BCUT2D eigenvalue weighted by Crippen LogP contribution is -2.46. The summed E-state index contributed by atoms with van der Waals surface area (Å²) in [5.74, 6) is 0.194. The van der Waals surface area contributed by atoms with Gasteiger partial charge in [0.05, 0.1) is 15.5 Å². The molecule has 20 heavy (non-hydrogen) atoms. The van der Waals surface area contributed by atoms with Crippen LogP contribution in [0.4, 0.5) is 11.5 Å². The molecule has 0 spiro atoms. The van der Waals surface area contributed by atoms with Gasteiger partial charge < -0.3 is 14.7 Å². The van der Waals surface area contributed by atoms with Crippen LogP contribution in [-0.2, 0) is 4.74 Å². The topological polar surface area (TPSA) is 88.7 Å². The molecule has 1 aliphatic rings. The molecule has 1 aromatic rings. The van der Waals surface area contributed by atoms with Gasteiger partial charge in [0, 0.05) is 51.9 Å². The zero-order valence-electron chi connectivity index (χ0n) is 11.1. The van der Waals surface area contributed by atoms with Gasteiger partial charge in [-0.15, -0.1) is 0 Å². The SMILES string of the molecule is CN(CC1(O)CCOCC1)c1ncc(Cl)cc1[N+](=O)[O-]. The summed E-state index contributed by atoms with van der Waals surface area (Å²) in [5.41, 5.74) is -1.09. The highest BCUT2D eigenvalue weighted by atomic mass is 35.5. The van der Waals surface area contributed by atoms with Crippen LogP contribution in [0.5, 0.6) is 0 Å². The van der Waals surface area contributed by atoms with Crippen molar-refractivity contribution in [1.29, 1.82) is 0 Å². The van der Waals surface area contributed by atoms with Crippen LogP contribution < -0.4 is 4.90 Å². The maximum atomic E-state index is 11.0. The van der Waals surface area contributed by atoms with Crippen molar-refractivity contribution in [3.05, 3.63) is 27.4 Å². The molecule has 0 unspecified atom stereocenters. The summed E-state index contributed by atoms with van der Waals surface area (Å²) in [4.78, 5) is 16.1. The summed E-state index contributed by atoms with van der Waals surface area (Å²) in [6.45, 7) is 1.23. The third-order valence-electron chi connectivity index (χ3n) is 3.33. The van der Waals surface area contributed by atoms with E-state index in [2.05, 4.69) is 4.98 Å². The average Bonchev–Trinajstić information content (AvgIpc) is 2.38. The highest BCUT2D eigenvalue weighted by molar-refractivity contribution is 6.30. The molecular weight excluding hydrogens is 286 g/mol. The lowest BCUT2D eigenvalue weighted by atomic mass is 9.94. The lowest BCUT2D eigenvalue weighted by molar-refractivity contribution is -0.384. The second kappa shape index (κ2) is 5.90. The predicted molar refractivity (Wildman–Crippen MR) is 74.2 cm³/mol. The molecule has 1 N–H and O–H groups in total. The van der Waals surface area contributed by atoms with Crippen LogP contribution in [0.3, 0.4) is 0 Å². The summed E-state index contributed by atoms with van der Waals surface area (Å²) < 4.78 is 5.21. The Hall–Kier alpha value is -1.44. The molecule has 1 fully saturated rings. The number of pyridine rings is 1. The molecule has 0 radical (unpaired) electrons. The number of rotatable bonds is 4. The number of hydrogen-bond donors (Lipinski definition) is 1. The van der Waals surface area contributed by atoms with Gasteiger partial charge in [0.25, 0.3) is 0 Å². The standard InChI is InChI=1S/C12H16ClN3O4/c1-15(8-12(17)2-4-20-5-3-12)11-10(16(18)19)6-9(13)7-14-11/h6-7,17H,2-5,8H2,1H3.